The minimum atomic E-state index is 0.584. The normalized spacial score (nSPS) is 12.0. The number of hydrogen-bond acceptors (Lipinski definition) is 2. The Bertz CT molecular complexity index is 561. The Morgan fingerprint density at radius 3 is 2.15 bits per heavy atom. The molecule has 0 aromatic heterocycles. The molecule has 0 bridgehead atoms. The molecule has 0 saturated heterocycles. The van der Waals surface area contributed by atoms with Crippen LogP contribution in [0, 0.1) is 0 Å². The maximum Gasteiger partial charge on any atom is 0.0121 e. The summed E-state index contributed by atoms with van der Waals surface area (Å²) >= 11 is 4.63. The molecule has 2 aromatic rings. The molecule has 2 rings (SSSR count). The highest BCUT2D eigenvalue weighted by molar-refractivity contribution is 7.80. The van der Waals surface area contributed by atoms with Crippen LogP contribution in [-0.2, 0) is 6.42 Å². The van der Waals surface area contributed by atoms with Gasteiger partial charge in [-0.25, -0.2) is 0 Å². The van der Waals surface area contributed by atoms with Crippen LogP contribution in [0.4, 0.5) is 0 Å². The highest BCUT2D eigenvalue weighted by Crippen LogP contribution is 2.26. The number of nitrogens with zero attached hydrogens (tertiary/aromatic N) is 1. The van der Waals surface area contributed by atoms with E-state index in [2.05, 4.69) is 81.6 Å². The van der Waals surface area contributed by atoms with Crippen LogP contribution in [-0.4, -0.2) is 23.5 Å². The second-order valence-electron chi connectivity index (χ2n) is 5.97. The van der Waals surface area contributed by atoms with Gasteiger partial charge >= 0.3 is 0 Å². The highest BCUT2D eigenvalue weighted by Gasteiger charge is 2.14. The van der Waals surface area contributed by atoms with Gasteiger partial charge in [-0.2, -0.15) is 0 Å². The van der Waals surface area contributed by atoms with Gasteiger partial charge in [0.15, 0.2) is 0 Å². The molecule has 0 heterocycles. The van der Waals surface area contributed by atoms with Crippen molar-refractivity contribution in [3.63, 3.8) is 0 Å². The summed E-state index contributed by atoms with van der Waals surface area (Å²) in [4.78, 5) is 3.62. The molecule has 0 aliphatic heterocycles. The fourth-order valence-electron chi connectivity index (χ4n) is 2.97. The predicted octanol–water partition coefficient (Wildman–Crippen LogP) is 4.79. The van der Waals surface area contributed by atoms with Crippen LogP contribution < -0.4 is 0 Å². The summed E-state index contributed by atoms with van der Waals surface area (Å²) in [7, 11) is 0. The van der Waals surface area contributed by atoms with Crippen molar-refractivity contribution in [1.82, 2.24) is 4.90 Å². The van der Waals surface area contributed by atoms with Crippen molar-refractivity contribution in [3.8, 4) is 0 Å². The first-order valence-corrected chi connectivity index (χ1v) is 7.90. The predicted molar refractivity (Wildman–Crippen MR) is 91.9 cm³/mol. The van der Waals surface area contributed by atoms with E-state index in [1.54, 1.807) is 0 Å². The van der Waals surface area contributed by atoms with Crippen molar-refractivity contribution in [1.29, 1.82) is 0 Å². The molecular formula is C18H25NS. The van der Waals surface area contributed by atoms with Crippen molar-refractivity contribution in [2.45, 2.75) is 51.1 Å². The molecule has 0 amide bonds. The summed E-state index contributed by atoms with van der Waals surface area (Å²) in [6.07, 6.45) is 1.07. The topological polar surface area (TPSA) is 3.24 Å². The summed E-state index contributed by atoms with van der Waals surface area (Å²) in [5.41, 5.74) is 1.40. The van der Waals surface area contributed by atoms with Crippen LogP contribution >= 0.6 is 12.6 Å². The van der Waals surface area contributed by atoms with Crippen LogP contribution in [0.15, 0.2) is 41.3 Å². The second kappa shape index (κ2) is 6.64. The summed E-state index contributed by atoms with van der Waals surface area (Å²) in [6, 6.07) is 14.0. The summed E-state index contributed by atoms with van der Waals surface area (Å²) in [5, 5.41) is 2.60. The third-order valence-corrected chi connectivity index (χ3v) is 4.31. The first-order valence-electron chi connectivity index (χ1n) is 7.46. The molecule has 2 heteroatoms. The molecule has 2 aromatic carbocycles. The lowest BCUT2D eigenvalue weighted by Crippen LogP contribution is -2.38. The zero-order valence-corrected chi connectivity index (χ0v) is 13.8. The average molecular weight is 287 g/mol. The van der Waals surface area contributed by atoms with Gasteiger partial charge in [0.2, 0.25) is 0 Å². The van der Waals surface area contributed by atoms with Crippen LogP contribution in [0.2, 0.25) is 0 Å². The lowest BCUT2D eigenvalue weighted by Gasteiger charge is -2.30. The monoisotopic (exact) mass is 287 g/mol. The molecule has 108 valence electrons. The maximum atomic E-state index is 4.63. The van der Waals surface area contributed by atoms with Crippen molar-refractivity contribution < 1.29 is 0 Å². The van der Waals surface area contributed by atoms with Crippen LogP contribution in [0.5, 0.6) is 0 Å². The molecule has 0 atom stereocenters. The summed E-state index contributed by atoms with van der Waals surface area (Å²) in [6.45, 7) is 10.2. The van der Waals surface area contributed by atoms with Crippen LogP contribution in [0.1, 0.15) is 33.3 Å². The molecule has 0 unspecified atom stereocenters. The smallest absolute Gasteiger partial charge is 0.0121 e. The third kappa shape index (κ3) is 3.36. The molecule has 0 N–H and O–H groups in total. The van der Waals surface area contributed by atoms with Gasteiger partial charge < -0.3 is 0 Å². The van der Waals surface area contributed by atoms with Gasteiger partial charge in [0.1, 0.15) is 0 Å². The number of rotatable bonds is 5. The first-order chi connectivity index (χ1) is 9.50. The van der Waals surface area contributed by atoms with Crippen molar-refractivity contribution >= 4 is 23.4 Å². The van der Waals surface area contributed by atoms with Crippen molar-refractivity contribution in [2.24, 2.45) is 0 Å². The lowest BCUT2D eigenvalue weighted by atomic mass is 10.0. The summed E-state index contributed by atoms with van der Waals surface area (Å²) < 4.78 is 0. The van der Waals surface area contributed by atoms with E-state index >= 15 is 0 Å². The second-order valence-corrected chi connectivity index (χ2v) is 6.45. The molecule has 0 spiro atoms. The molecule has 0 aliphatic rings. The minimum absolute atomic E-state index is 0.584. The van der Waals surface area contributed by atoms with E-state index in [4.69, 9.17) is 0 Å². The van der Waals surface area contributed by atoms with E-state index < -0.39 is 0 Å². The summed E-state index contributed by atoms with van der Waals surface area (Å²) in [5.74, 6) is 0. The number of fused-ring (bicyclic) bond motifs is 1. The van der Waals surface area contributed by atoms with E-state index in [0.29, 0.717) is 12.1 Å². The van der Waals surface area contributed by atoms with Gasteiger partial charge in [0.05, 0.1) is 0 Å². The van der Waals surface area contributed by atoms with Gasteiger partial charge in [-0.3, -0.25) is 4.90 Å². The fraction of sp³-hybridized carbons (Fsp3) is 0.444. The average Bonchev–Trinajstić information content (AvgIpc) is 2.38. The Kier molecular flexibility index (Phi) is 5.11. The van der Waals surface area contributed by atoms with Gasteiger partial charge in [-0.1, -0.05) is 30.3 Å². The van der Waals surface area contributed by atoms with Crippen molar-refractivity contribution in [2.75, 3.05) is 6.54 Å². The highest BCUT2D eigenvalue weighted by atomic mass is 32.1. The molecule has 1 nitrogen and oxygen atoms in total. The maximum absolute atomic E-state index is 4.63. The van der Waals surface area contributed by atoms with E-state index in [0.717, 1.165) is 17.9 Å². The SMILES string of the molecule is CC(C)N(CCc1cccc2cccc(S)c12)C(C)C. The standard InChI is InChI=1S/C18H25NS/c1-13(2)19(14(3)4)12-11-16-8-5-7-15-9-6-10-17(20)18(15)16/h5-10,13-14,20H,11-12H2,1-4H3. The molecule has 0 saturated carbocycles. The number of thiol groups is 1. The van der Waals surface area contributed by atoms with Gasteiger partial charge in [-0.15, -0.1) is 12.6 Å². The number of hydrogen-bond donors (Lipinski definition) is 1. The van der Waals surface area contributed by atoms with E-state index in [-0.39, 0.29) is 0 Å². The quantitative estimate of drug-likeness (QED) is 0.774. The zero-order valence-electron chi connectivity index (χ0n) is 12.9. The molecular weight excluding hydrogens is 262 g/mol. The third-order valence-electron chi connectivity index (χ3n) is 3.93. The van der Waals surface area contributed by atoms with E-state index in [9.17, 15) is 0 Å². The van der Waals surface area contributed by atoms with Gasteiger partial charge in [0, 0.05) is 23.5 Å². The van der Waals surface area contributed by atoms with E-state index in [1.165, 1.54) is 16.3 Å². The Morgan fingerprint density at radius 2 is 1.55 bits per heavy atom. The minimum Gasteiger partial charge on any atom is -0.298 e. The lowest BCUT2D eigenvalue weighted by molar-refractivity contribution is 0.177. The van der Waals surface area contributed by atoms with E-state index in [1.807, 2.05) is 0 Å². The first kappa shape index (κ1) is 15.4. The molecule has 0 radical (unpaired) electrons. The van der Waals surface area contributed by atoms with Gasteiger partial charge in [-0.05, 0) is 56.5 Å². The zero-order chi connectivity index (χ0) is 14.7. The molecule has 0 aliphatic carbocycles. The van der Waals surface area contributed by atoms with Crippen molar-refractivity contribution in [3.05, 3.63) is 42.0 Å². The molecule has 20 heavy (non-hydrogen) atoms. The Balaban J connectivity index is 2.26. The van der Waals surface area contributed by atoms with Crippen LogP contribution in [0.25, 0.3) is 10.8 Å². The largest absolute Gasteiger partial charge is 0.298 e. The Hall–Kier alpha value is -0.990. The Morgan fingerprint density at radius 1 is 0.950 bits per heavy atom. The van der Waals surface area contributed by atoms with Crippen LogP contribution in [0.3, 0.4) is 0 Å². The van der Waals surface area contributed by atoms with Gasteiger partial charge in [0.25, 0.3) is 0 Å². The Labute approximate surface area is 128 Å². The molecule has 0 fully saturated rings. The number of benzene rings is 2. The fourth-order valence-corrected chi connectivity index (χ4v) is 3.33.